The number of unbranched alkanes of at least 4 members (excludes halogenated alkanes) is 21. The van der Waals surface area contributed by atoms with Crippen molar-refractivity contribution in [3.05, 3.63) is 0 Å². The molecule has 0 aromatic rings. The lowest BCUT2D eigenvalue weighted by Gasteiger charge is -2.17. The first-order chi connectivity index (χ1) is 25.8. The molecule has 0 saturated heterocycles. The standard InChI is InChI=1S/C28H59NOS.C18H38O.CH2O2/c1-3-5-7-9-11-14-20-27(21-15-12-10-8-6-4-2)22-16-13-17-23-28(30)26-29-24-18-19-25-31;1-4-5-6-7-8-11-14-17(2)15-12-9-10-13-16-18(3)19;2-1-3/h27-31H,3-26H2,1-2H3;17-19H,4-16H2,1-3H3;1H,(H,2,3). The molecule has 0 bridgehead atoms. The molecule has 5 nitrogen and oxygen atoms in total. The molecular weight excluding hydrogens is 675 g/mol. The van der Waals surface area contributed by atoms with Gasteiger partial charge in [0.25, 0.3) is 6.47 Å². The van der Waals surface area contributed by atoms with E-state index in [1.807, 2.05) is 6.92 Å². The predicted octanol–water partition coefficient (Wildman–Crippen LogP) is 14.5. The van der Waals surface area contributed by atoms with Crippen molar-refractivity contribution in [2.45, 2.75) is 265 Å². The Hall–Kier alpha value is -0.300. The van der Waals surface area contributed by atoms with Gasteiger partial charge in [0.1, 0.15) is 0 Å². The summed E-state index contributed by atoms with van der Waals surface area (Å²) in [6, 6.07) is 0. The Morgan fingerprint density at radius 1 is 0.491 bits per heavy atom. The van der Waals surface area contributed by atoms with Gasteiger partial charge in [-0.3, -0.25) is 4.79 Å². The summed E-state index contributed by atoms with van der Waals surface area (Å²) in [5.41, 5.74) is 0. The Labute approximate surface area is 339 Å². The zero-order valence-corrected chi connectivity index (χ0v) is 37.6. The molecule has 0 radical (unpaired) electrons. The van der Waals surface area contributed by atoms with E-state index in [4.69, 9.17) is 9.90 Å². The number of carboxylic acid groups (broad SMARTS) is 1. The van der Waals surface area contributed by atoms with E-state index in [0.29, 0.717) is 0 Å². The fraction of sp³-hybridized carbons (Fsp3) is 0.979. The van der Waals surface area contributed by atoms with E-state index in [1.165, 1.54) is 193 Å². The van der Waals surface area contributed by atoms with Crippen LogP contribution in [0, 0.1) is 11.8 Å². The zero-order chi connectivity index (χ0) is 39.9. The van der Waals surface area contributed by atoms with Crippen LogP contribution in [-0.2, 0) is 4.79 Å². The lowest BCUT2D eigenvalue weighted by molar-refractivity contribution is -0.122. The Morgan fingerprint density at radius 2 is 0.830 bits per heavy atom. The van der Waals surface area contributed by atoms with Crippen LogP contribution in [0.4, 0.5) is 0 Å². The summed E-state index contributed by atoms with van der Waals surface area (Å²) < 4.78 is 0. The van der Waals surface area contributed by atoms with E-state index in [0.717, 1.165) is 56.4 Å². The van der Waals surface area contributed by atoms with E-state index in [2.05, 4.69) is 45.6 Å². The molecular formula is C47H99NO4S. The van der Waals surface area contributed by atoms with Crippen LogP contribution in [0.15, 0.2) is 0 Å². The van der Waals surface area contributed by atoms with Crippen molar-refractivity contribution < 1.29 is 20.1 Å². The first-order valence-corrected chi connectivity index (χ1v) is 24.2. The minimum absolute atomic E-state index is 0.105. The summed E-state index contributed by atoms with van der Waals surface area (Å²) in [5, 5.41) is 29.6. The van der Waals surface area contributed by atoms with Crippen molar-refractivity contribution in [1.82, 2.24) is 5.32 Å². The van der Waals surface area contributed by atoms with Gasteiger partial charge in [0.2, 0.25) is 0 Å². The van der Waals surface area contributed by atoms with Crippen LogP contribution in [0.5, 0.6) is 0 Å². The van der Waals surface area contributed by atoms with Gasteiger partial charge in [-0.15, -0.1) is 0 Å². The number of thiol groups is 1. The van der Waals surface area contributed by atoms with Crippen molar-refractivity contribution >= 4 is 19.1 Å². The Balaban J connectivity index is -0.000000967. The van der Waals surface area contributed by atoms with Gasteiger partial charge >= 0.3 is 0 Å². The van der Waals surface area contributed by atoms with Gasteiger partial charge < -0.3 is 20.6 Å². The molecule has 0 rings (SSSR count). The molecule has 0 aliphatic rings. The second-order valence-electron chi connectivity index (χ2n) is 16.5. The molecule has 4 N–H and O–H groups in total. The van der Waals surface area contributed by atoms with Crippen molar-refractivity contribution in [2.75, 3.05) is 18.8 Å². The average molecular weight is 774 g/mol. The van der Waals surface area contributed by atoms with Crippen molar-refractivity contribution in [1.29, 1.82) is 0 Å². The molecule has 6 heteroatoms. The number of aliphatic hydroxyl groups excluding tert-OH is 2. The maximum Gasteiger partial charge on any atom is 0.290 e. The highest BCUT2D eigenvalue weighted by Crippen LogP contribution is 2.25. The molecule has 0 spiro atoms. The predicted molar refractivity (Wildman–Crippen MR) is 240 cm³/mol. The van der Waals surface area contributed by atoms with Gasteiger partial charge in [-0.1, -0.05) is 220 Å². The molecule has 0 aromatic heterocycles. The van der Waals surface area contributed by atoms with E-state index in [-0.39, 0.29) is 18.7 Å². The smallest absolute Gasteiger partial charge is 0.290 e. The molecule has 0 amide bonds. The number of aliphatic hydroxyl groups is 2. The van der Waals surface area contributed by atoms with Gasteiger partial charge in [0.15, 0.2) is 0 Å². The molecule has 0 aromatic carbocycles. The second kappa shape index (κ2) is 51.7. The molecule has 3 unspecified atom stereocenters. The van der Waals surface area contributed by atoms with Gasteiger partial charge in [0, 0.05) is 6.54 Å². The summed E-state index contributed by atoms with van der Waals surface area (Å²) in [4.78, 5) is 8.36. The summed E-state index contributed by atoms with van der Waals surface area (Å²) in [6.07, 6.45) is 45.8. The van der Waals surface area contributed by atoms with Crippen LogP contribution in [0.2, 0.25) is 0 Å². The largest absolute Gasteiger partial charge is 0.483 e. The van der Waals surface area contributed by atoms with Gasteiger partial charge in [-0.05, 0) is 56.7 Å². The maximum absolute atomic E-state index is 10.1. The second-order valence-corrected chi connectivity index (χ2v) is 17.0. The lowest BCUT2D eigenvalue weighted by atomic mass is 9.89. The molecule has 0 heterocycles. The molecule has 0 aliphatic heterocycles. The maximum atomic E-state index is 10.1. The summed E-state index contributed by atoms with van der Waals surface area (Å²) >= 11 is 4.24. The van der Waals surface area contributed by atoms with Crippen LogP contribution in [-0.4, -0.2) is 52.8 Å². The first-order valence-electron chi connectivity index (χ1n) is 23.6. The van der Waals surface area contributed by atoms with Crippen molar-refractivity contribution in [3.63, 3.8) is 0 Å². The Bertz CT molecular complexity index is 622. The minimum atomic E-state index is -0.250. The highest BCUT2D eigenvalue weighted by atomic mass is 32.1. The third-order valence-corrected chi connectivity index (χ3v) is 11.2. The molecule has 322 valence electrons. The van der Waals surface area contributed by atoms with Crippen LogP contribution in [0.3, 0.4) is 0 Å². The fourth-order valence-corrected chi connectivity index (χ4v) is 7.51. The lowest BCUT2D eigenvalue weighted by Crippen LogP contribution is -2.27. The van der Waals surface area contributed by atoms with E-state index in [9.17, 15) is 10.2 Å². The Morgan fingerprint density at radius 3 is 1.23 bits per heavy atom. The molecule has 3 atom stereocenters. The molecule has 0 fully saturated rings. The van der Waals surface area contributed by atoms with Crippen LogP contribution in [0.1, 0.15) is 253 Å². The number of hydrogen-bond donors (Lipinski definition) is 5. The van der Waals surface area contributed by atoms with E-state index >= 15 is 0 Å². The van der Waals surface area contributed by atoms with Crippen molar-refractivity contribution in [2.24, 2.45) is 11.8 Å². The molecule has 0 aliphatic carbocycles. The van der Waals surface area contributed by atoms with Crippen molar-refractivity contribution in [3.8, 4) is 0 Å². The molecule has 0 saturated carbocycles. The molecule has 53 heavy (non-hydrogen) atoms. The monoisotopic (exact) mass is 774 g/mol. The quantitative estimate of drug-likeness (QED) is 0.0243. The fourth-order valence-electron chi connectivity index (χ4n) is 7.29. The van der Waals surface area contributed by atoms with Gasteiger partial charge in [-0.25, -0.2) is 0 Å². The Kier molecular flexibility index (Phi) is 55.6. The number of rotatable bonds is 40. The highest BCUT2D eigenvalue weighted by Gasteiger charge is 2.10. The summed E-state index contributed by atoms with van der Waals surface area (Å²) in [7, 11) is 0. The average Bonchev–Trinajstić information content (AvgIpc) is 3.14. The normalized spacial score (nSPS) is 12.8. The number of nitrogens with one attached hydrogen (secondary N) is 1. The first kappa shape index (κ1) is 57.0. The summed E-state index contributed by atoms with van der Waals surface area (Å²) in [6.45, 7) is 12.7. The highest BCUT2D eigenvalue weighted by molar-refractivity contribution is 7.80. The van der Waals surface area contributed by atoms with Crippen LogP contribution < -0.4 is 5.32 Å². The van der Waals surface area contributed by atoms with Crippen LogP contribution in [0.25, 0.3) is 0 Å². The van der Waals surface area contributed by atoms with Gasteiger partial charge in [-0.2, -0.15) is 12.6 Å². The summed E-state index contributed by atoms with van der Waals surface area (Å²) in [5.74, 6) is 2.84. The van der Waals surface area contributed by atoms with E-state index < -0.39 is 0 Å². The van der Waals surface area contributed by atoms with Crippen LogP contribution >= 0.6 is 12.6 Å². The van der Waals surface area contributed by atoms with E-state index in [1.54, 1.807) is 0 Å². The third-order valence-electron chi connectivity index (χ3n) is 10.8. The number of hydrogen-bond acceptors (Lipinski definition) is 5. The third kappa shape index (κ3) is 56.1. The number of carbonyl (C=O) groups is 1. The topological polar surface area (TPSA) is 89.8 Å². The zero-order valence-electron chi connectivity index (χ0n) is 36.7. The SMILES string of the molecule is CCCCCCCCC(C)CCCCCCC(C)O.CCCCCCCCC(CCCCCCCC)CCCCCC(O)CNCCCCS.O=CO. The van der Waals surface area contributed by atoms with Gasteiger partial charge in [0.05, 0.1) is 12.2 Å². The minimum Gasteiger partial charge on any atom is -0.483 e.